The molecule has 0 N–H and O–H groups in total. The molecule has 2 aliphatic rings. The van der Waals surface area contributed by atoms with Gasteiger partial charge in [0.2, 0.25) is 0 Å². The molecule has 0 unspecified atom stereocenters. The molecular weight excluding hydrogens is 258 g/mol. The minimum atomic E-state index is -1.35. The van der Waals surface area contributed by atoms with E-state index in [0.29, 0.717) is 0 Å². The predicted molar refractivity (Wildman–Crippen MR) is 87.5 cm³/mol. The summed E-state index contributed by atoms with van der Waals surface area (Å²) in [4.78, 5) is 5.17. The molecule has 0 fully saturated rings. The van der Waals surface area contributed by atoms with Gasteiger partial charge in [-0.1, -0.05) is 43.9 Å². The van der Waals surface area contributed by atoms with Crippen LogP contribution in [0.1, 0.15) is 28.8 Å². The Bertz CT molecular complexity index is 710. The number of rotatable bonds is 1. The van der Waals surface area contributed by atoms with E-state index in [1.165, 1.54) is 47.0 Å². The van der Waals surface area contributed by atoms with E-state index < -0.39 is 8.07 Å². The maximum atomic E-state index is 5.17. The minimum absolute atomic E-state index is 1.04. The average molecular weight is 279 g/mol. The molecule has 0 amide bonds. The molecule has 0 saturated carbocycles. The molecule has 0 aliphatic heterocycles. The van der Waals surface area contributed by atoms with Gasteiger partial charge in [0.15, 0.2) is 0 Å². The Morgan fingerprint density at radius 1 is 1.00 bits per heavy atom. The number of benzene rings is 1. The second-order valence-electron chi connectivity index (χ2n) is 7.18. The van der Waals surface area contributed by atoms with Gasteiger partial charge in [0.05, 0.1) is 5.69 Å². The largest absolute Gasteiger partial charge is 0.261 e. The lowest BCUT2D eigenvalue weighted by Gasteiger charge is -2.22. The Hall–Kier alpha value is -1.41. The van der Waals surface area contributed by atoms with E-state index in [4.69, 9.17) is 4.98 Å². The Morgan fingerprint density at radius 2 is 1.75 bits per heavy atom. The molecule has 1 nitrogen and oxygen atoms in total. The summed E-state index contributed by atoms with van der Waals surface area (Å²) in [5.41, 5.74) is 9.02. The number of hydrogen-bond acceptors (Lipinski definition) is 1. The van der Waals surface area contributed by atoms with Crippen LogP contribution in [0.5, 0.6) is 0 Å². The van der Waals surface area contributed by atoms with Crippen molar-refractivity contribution in [1.82, 2.24) is 4.98 Å². The van der Waals surface area contributed by atoms with Gasteiger partial charge in [-0.3, -0.25) is 4.98 Å². The fourth-order valence-electron chi connectivity index (χ4n) is 3.88. The van der Waals surface area contributed by atoms with E-state index in [1.807, 2.05) is 0 Å². The first-order valence-electron chi connectivity index (χ1n) is 7.69. The number of hydrogen-bond donors (Lipinski definition) is 0. The van der Waals surface area contributed by atoms with E-state index in [-0.39, 0.29) is 0 Å². The minimum Gasteiger partial charge on any atom is -0.261 e. The zero-order valence-electron chi connectivity index (χ0n) is 12.6. The summed E-state index contributed by atoms with van der Waals surface area (Å²) < 4.78 is 0. The second-order valence-corrected chi connectivity index (χ2v) is 12.2. The van der Waals surface area contributed by atoms with Crippen molar-refractivity contribution in [2.75, 3.05) is 0 Å². The van der Waals surface area contributed by atoms with Gasteiger partial charge in [-0.05, 0) is 41.5 Å². The van der Waals surface area contributed by atoms with Gasteiger partial charge >= 0.3 is 0 Å². The maximum absolute atomic E-state index is 5.17. The molecule has 0 radical (unpaired) electrons. The van der Waals surface area contributed by atoms with Gasteiger partial charge in [0.1, 0.15) is 8.07 Å². The van der Waals surface area contributed by atoms with Crippen LogP contribution in [0.2, 0.25) is 19.6 Å². The van der Waals surface area contributed by atoms with Gasteiger partial charge in [-0.15, -0.1) is 0 Å². The third-order valence-corrected chi connectivity index (χ3v) is 6.53. The summed E-state index contributed by atoms with van der Waals surface area (Å²) in [6.45, 7) is 7.30. The SMILES string of the molecule is C[Si](C)(C)c1nc2c(c3c1CCC3)-c1ccccc1C2. The highest BCUT2D eigenvalue weighted by Gasteiger charge is 2.32. The van der Waals surface area contributed by atoms with Gasteiger partial charge in [0.25, 0.3) is 0 Å². The zero-order chi connectivity index (χ0) is 13.9. The third-order valence-electron chi connectivity index (χ3n) is 4.70. The Kier molecular flexibility index (Phi) is 2.49. The van der Waals surface area contributed by atoms with E-state index in [9.17, 15) is 0 Å². The first kappa shape index (κ1) is 12.3. The summed E-state index contributed by atoms with van der Waals surface area (Å²) in [7, 11) is -1.35. The molecule has 0 spiro atoms. The summed E-state index contributed by atoms with van der Waals surface area (Å²) in [6.07, 6.45) is 4.85. The first-order valence-corrected chi connectivity index (χ1v) is 11.2. The summed E-state index contributed by atoms with van der Waals surface area (Å²) in [5, 5.41) is 1.48. The van der Waals surface area contributed by atoms with E-state index in [1.54, 1.807) is 11.1 Å². The standard InChI is InChI=1S/C18H21NSi/c1-20(2,3)18-15-10-6-9-14(15)17-13-8-5-4-7-12(13)11-16(17)19-18/h4-5,7-8H,6,9-11H2,1-3H3. The van der Waals surface area contributed by atoms with Crippen molar-refractivity contribution in [3.63, 3.8) is 0 Å². The Balaban J connectivity index is 2.03. The van der Waals surface area contributed by atoms with Crippen LogP contribution in [0.3, 0.4) is 0 Å². The molecule has 102 valence electrons. The number of nitrogens with zero attached hydrogens (tertiary/aromatic N) is 1. The quantitative estimate of drug-likeness (QED) is 0.619. The van der Waals surface area contributed by atoms with Crippen molar-refractivity contribution in [2.45, 2.75) is 45.3 Å². The molecule has 2 aliphatic carbocycles. The topological polar surface area (TPSA) is 12.9 Å². The normalized spacial score (nSPS) is 15.9. The molecule has 20 heavy (non-hydrogen) atoms. The van der Waals surface area contributed by atoms with Gasteiger partial charge in [-0.2, -0.15) is 0 Å². The van der Waals surface area contributed by atoms with Crippen LogP contribution >= 0.6 is 0 Å². The van der Waals surface area contributed by atoms with Crippen LogP contribution in [0, 0.1) is 0 Å². The van der Waals surface area contributed by atoms with Crippen molar-refractivity contribution in [2.24, 2.45) is 0 Å². The van der Waals surface area contributed by atoms with Crippen LogP contribution in [-0.2, 0) is 19.3 Å². The molecular formula is C18H21NSi. The molecule has 2 heteroatoms. The number of pyridine rings is 1. The van der Waals surface area contributed by atoms with Crippen LogP contribution in [0.25, 0.3) is 11.1 Å². The van der Waals surface area contributed by atoms with E-state index in [0.717, 1.165) is 6.42 Å². The van der Waals surface area contributed by atoms with Crippen molar-refractivity contribution in [3.05, 3.63) is 46.6 Å². The molecule has 4 rings (SSSR count). The lowest BCUT2D eigenvalue weighted by Crippen LogP contribution is -2.43. The molecule has 2 aromatic rings. The van der Waals surface area contributed by atoms with Gasteiger partial charge in [0, 0.05) is 17.3 Å². The number of aromatic nitrogens is 1. The fraction of sp³-hybridized carbons (Fsp3) is 0.389. The van der Waals surface area contributed by atoms with E-state index in [2.05, 4.69) is 43.9 Å². The lowest BCUT2D eigenvalue weighted by molar-refractivity contribution is 0.913. The van der Waals surface area contributed by atoms with Crippen LogP contribution in [0.4, 0.5) is 0 Å². The number of fused-ring (bicyclic) bond motifs is 5. The highest BCUT2D eigenvalue weighted by molar-refractivity contribution is 6.88. The first-order chi connectivity index (χ1) is 9.55. The Morgan fingerprint density at radius 3 is 2.55 bits per heavy atom. The van der Waals surface area contributed by atoms with Crippen LogP contribution in [-0.4, -0.2) is 13.1 Å². The fourth-order valence-corrected chi connectivity index (χ4v) is 5.53. The van der Waals surface area contributed by atoms with Crippen molar-refractivity contribution >= 4 is 13.4 Å². The monoisotopic (exact) mass is 279 g/mol. The molecule has 1 aromatic heterocycles. The van der Waals surface area contributed by atoms with E-state index >= 15 is 0 Å². The van der Waals surface area contributed by atoms with Gasteiger partial charge in [-0.25, -0.2) is 0 Å². The lowest BCUT2D eigenvalue weighted by atomic mass is 10.00. The highest BCUT2D eigenvalue weighted by Crippen LogP contribution is 2.41. The van der Waals surface area contributed by atoms with Crippen LogP contribution < -0.4 is 5.32 Å². The summed E-state index contributed by atoms with van der Waals surface area (Å²) in [6, 6.07) is 8.88. The smallest absolute Gasteiger partial charge is 0.102 e. The summed E-state index contributed by atoms with van der Waals surface area (Å²) >= 11 is 0. The van der Waals surface area contributed by atoms with Crippen molar-refractivity contribution in [1.29, 1.82) is 0 Å². The average Bonchev–Trinajstić information content (AvgIpc) is 2.99. The Labute approximate surface area is 122 Å². The zero-order valence-corrected chi connectivity index (χ0v) is 13.6. The van der Waals surface area contributed by atoms with Crippen LogP contribution in [0.15, 0.2) is 24.3 Å². The molecule has 0 atom stereocenters. The third kappa shape index (κ3) is 1.64. The molecule has 1 aromatic carbocycles. The highest BCUT2D eigenvalue weighted by atomic mass is 28.3. The van der Waals surface area contributed by atoms with Crippen molar-refractivity contribution < 1.29 is 0 Å². The molecule has 0 saturated heterocycles. The maximum Gasteiger partial charge on any atom is 0.102 e. The van der Waals surface area contributed by atoms with Crippen molar-refractivity contribution in [3.8, 4) is 11.1 Å². The molecule has 0 bridgehead atoms. The predicted octanol–water partition coefficient (Wildman–Crippen LogP) is 3.69. The second kappa shape index (κ2) is 4.04. The van der Waals surface area contributed by atoms with Gasteiger partial charge < -0.3 is 0 Å². The molecule has 1 heterocycles. The summed E-state index contributed by atoms with van der Waals surface area (Å²) in [5.74, 6) is 0.